The second-order valence-corrected chi connectivity index (χ2v) is 7.42. The molecular formula is C21H15NO4S. The molecule has 1 N–H and O–H groups in total. The highest BCUT2D eigenvalue weighted by atomic mass is 32.2. The number of hydrogen-bond acceptors (Lipinski definition) is 4. The van der Waals surface area contributed by atoms with Gasteiger partial charge in [-0.05, 0) is 23.6 Å². The number of carbonyl (C=O) groups is 3. The third-order valence-corrected chi connectivity index (χ3v) is 5.76. The van der Waals surface area contributed by atoms with Crippen LogP contribution in [-0.2, 0) is 9.59 Å². The molecule has 5 nitrogen and oxygen atoms in total. The van der Waals surface area contributed by atoms with E-state index in [4.69, 9.17) is 0 Å². The molecule has 1 saturated heterocycles. The quantitative estimate of drug-likeness (QED) is 0.697. The Balaban J connectivity index is 1.68. The van der Waals surface area contributed by atoms with Crippen molar-refractivity contribution in [2.24, 2.45) is 0 Å². The Morgan fingerprint density at radius 1 is 0.963 bits per heavy atom. The normalized spacial score (nSPS) is 16.9. The Labute approximate surface area is 159 Å². The predicted octanol–water partition coefficient (Wildman–Crippen LogP) is 3.96. The van der Waals surface area contributed by atoms with E-state index in [1.165, 1.54) is 11.0 Å². The Morgan fingerprint density at radius 3 is 2.48 bits per heavy atom. The van der Waals surface area contributed by atoms with Crippen LogP contribution in [0.5, 0.6) is 0 Å². The lowest BCUT2D eigenvalue weighted by molar-refractivity contribution is -0.121. The van der Waals surface area contributed by atoms with Gasteiger partial charge in [-0.25, -0.2) is 9.69 Å². The van der Waals surface area contributed by atoms with Crippen molar-refractivity contribution in [3.63, 3.8) is 0 Å². The number of aromatic carboxylic acids is 1. The zero-order valence-electron chi connectivity index (χ0n) is 14.2. The van der Waals surface area contributed by atoms with E-state index in [1.807, 2.05) is 36.4 Å². The van der Waals surface area contributed by atoms with E-state index in [-0.39, 0.29) is 23.8 Å². The number of rotatable bonds is 4. The van der Waals surface area contributed by atoms with E-state index in [2.05, 4.69) is 0 Å². The average Bonchev–Trinajstić information content (AvgIpc) is 2.95. The predicted molar refractivity (Wildman–Crippen MR) is 104 cm³/mol. The van der Waals surface area contributed by atoms with Gasteiger partial charge in [0.1, 0.15) is 0 Å². The van der Waals surface area contributed by atoms with Gasteiger partial charge in [-0.1, -0.05) is 48.5 Å². The summed E-state index contributed by atoms with van der Waals surface area (Å²) in [6.07, 6.45) is 0.0423. The molecule has 2 amide bonds. The first-order chi connectivity index (χ1) is 13.1. The number of anilines is 1. The Morgan fingerprint density at radius 2 is 1.67 bits per heavy atom. The number of hydrogen-bond donors (Lipinski definition) is 1. The van der Waals surface area contributed by atoms with Crippen LogP contribution in [0.15, 0.2) is 71.6 Å². The molecule has 0 saturated carbocycles. The lowest BCUT2D eigenvalue weighted by Crippen LogP contribution is -2.31. The first-order valence-corrected chi connectivity index (χ1v) is 9.28. The van der Waals surface area contributed by atoms with Gasteiger partial charge in [0, 0.05) is 16.7 Å². The smallest absolute Gasteiger partial charge is 0.336 e. The molecule has 6 heteroatoms. The molecule has 0 unspecified atom stereocenters. The minimum atomic E-state index is -1.05. The molecule has 1 atom stereocenters. The molecule has 3 aromatic carbocycles. The average molecular weight is 377 g/mol. The minimum Gasteiger partial charge on any atom is -0.478 e. The molecule has 3 aromatic rings. The van der Waals surface area contributed by atoms with Gasteiger partial charge >= 0.3 is 5.97 Å². The molecule has 0 aliphatic carbocycles. The fraction of sp³-hybridized carbons (Fsp3) is 0.0952. The summed E-state index contributed by atoms with van der Waals surface area (Å²) in [5, 5.41) is 10.5. The van der Waals surface area contributed by atoms with Gasteiger partial charge in [0.25, 0.3) is 0 Å². The van der Waals surface area contributed by atoms with Gasteiger partial charge in [-0.3, -0.25) is 9.59 Å². The van der Waals surface area contributed by atoms with Crippen LogP contribution in [0.2, 0.25) is 0 Å². The Kier molecular flexibility index (Phi) is 4.41. The van der Waals surface area contributed by atoms with Crippen LogP contribution in [0.3, 0.4) is 0 Å². The highest BCUT2D eigenvalue weighted by Crippen LogP contribution is 2.37. The summed E-state index contributed by atoms with van der Waals surface area (Å²) < 4.78 is 0. The van der Waals surface area contributed by atoms with Gasteiger partial charge in [-0.2, -0.15) is 0 Å². The Hall–Kier alpha value is -3.12. The molecule has 1 fully saturated rings. The first kappa shape index (κ1) is 17.3. The number of carboxylic acids is 1. The van der Waals surface area contributed by atoms with E-state index < -0.39 is 11.2 Å². The van der Waals surface area contributed by atoms with Crippen LogP contribution in [0, 0.1) is 0 Å². The zero-order chi connectivity index (χ0) is 19.0. The summed E-state index contributed by atoms with van der Waals surface area (Å²) in [6, 6.07) is 19.6. The summed E-state index contributed by atoms with van der Waals surface area (Å²) >= 11 is 1.13. The molecule has 1 aliphatic rings. The number of amides is 2. The SMILES string of the molecule is O=C(O)c1ccccc1S[C@H]1CC(=O)N(c2cccc3ccccc23)C1=O. The fourth-order valence-electron chi connectivity index (χ4n) is 3.25. The molecule has 0 bridgehead atoms. The third-order valence-electron chi connectivity index (χ3n) is 4.50. The van der Waals surface area contributed by atoms with Crippen LogP contribution in [0.1, 0.15) is 16.8 Å². The second-order valence-electron chi connectivity index (χ2n) is 6.18. The highest BCUT2D eigenvalue weighted by Gasteiger charge is 2.41. The lowest BCUT2D eigenvalue weighted by Gasteiger charge is -2.17. The van der Waals surface area contributed by atoms with Crippen molar-refractivity contribution in [2.45, 2.75) is 16.6 Å². The molecular weight excluding hydrogens is 362 g/mol. The van der Waals surface area contributed by atoms with E-state index in [1.54, 1.807) is 24.3 Å². The van der Waals surface area contributed by atoms with E-state index in [0.29, 0.717) is 10.6 Å². The van der Waals surface area contributed by atoms with Crippen LogP contribution >= 0.6 is 11.8 Å². The van der Waals surface area contributed by atoms with Gasteiger partial charge in [0.2, 0.25) is 11.8 Å². The van der Waals surface area contributed by atoms with E-state index >= 15 is 0 Å². The Bertz CT molecular complexity index is 1070. The largest absolute Gasteiger partial charge is 0.478 e. The topological polar surface area (TPSA) is 74.7 Å². The summed E-state index contributed by atoms with van der Waals surface area (Å²) in [6.45, 7) is 0. The number of thioether (sulfide) groups is 1. The summed E-state index contributed by atoms with van der Waals surface area (Å²) in [7, 11) is 0. The van der Waals surface area contributed by atoms with Crippen molar-refractivity contribution in [3.05, 3.63) is 72.3 Å². The van der Waals surface area contributed by atoms with E-state index in [9.17, 15) is 19.5 Å². The van der Waals surface area contributed by atoms with Gasteiger partial charge in [-0.15, -0.1) is 11.8 Å². The highest BCUT2D eigenvalue weighted by molar-refractivity contribution is 8.00. The van der Waals surface area contributed by atoms with Gasteiger partial charge < -0.3 is 5.11 Å². The fourth-order valence-corrected chi connectivity index (χ4v) is 4.43. The van der Waals surface area contributed by atoms with Gasteiger partial charge in [0.05, 0.1) is 16.5 Å². The van der Waals surface area contributed by atoms with E-state index in [0.717, 1.165) is 22.5 Å². The second kappa shape index (κ2) is 6.89. The van der Waals surface area contributed by atoms with Crippen molar-refractivity contribution in [3.8, 4) is 0 Å². The first-order valence-electron chi connectivity index (χ1n) is 8.40. The number of imide groups is 1. The third kappa shape index (κ3) is 3.08. The minimum absolute atomic E-state index is 0.0423. The molecule has 4 rings (SSSR count). The number of carboxylic acid groups (broad SMARTS) is 1. The summed E-state index contributed by atoms with van der Waals surface area (Å²) in [4.78, 5) is 38.7. The molecule has 27 heavy (non-hydrogen) atoms. The molecule has 134 valence electrons. The monoisotopic (exact) mass is 377 g/mol. The lowest BCUT2D eigenvalue weighted by atomic mass is 10.1. The molecule has 1 aliphatic heterocycles. The maximum absolute atomic E-state index is 13.0. The van der Waals surface area contributed by atoms with Crippen molar-refractivity contribution in [1.82, 2.24) is 0 Å². The maximum Gasteiger partial charge on any atom is 0.336 e. The molecule has 0 spiro atoms. The molecule has 0 aromatic heterocycles. The van der Waals surface area contributed by atoms with Gasteiger partial charge in [0.15, 0.2) is 0 Å². The van der Waals surface area contributed by atoms with Crippen molar-refractivity contribution >= 4 is 46.0 Å². The van der Waals surface area contributed by atoms with Crippen LogP contribution in [0.25, 0.3) is 10.8 Å². The van der Waals surface area contributed by atoms with Crippen molar-refractivity contribution in [2.75, 3.05) is 4.90 Å². The number of carbonyl (C=O) groups excluding carboxylic acids is 2. The maximum atomic E-state index is 13.0. The van der Waals surface area contributed by atoms with Crippen LogP contribution < -0.4 is 4.90 Å². The van der Waals surface area contributed by atoms with Crippen molar-refractivity contribution in [1.29, 1.82) is 0 Å². The molecule has 0 radical (unpaired) electrons. The van der Waals surface area contributed by atoms with Crippen molar-refractivity contribution < 1.29 is 19.5 Å². The zero-order valence-corrected chi connectivity index (χ0v) is 15.0. The number of nitrogens with zero attached hydrogens (tertiary/aromatic N) is 1. The summed E-state index contributed by atoms with van der Waals surface area (Å²) in [5.41, 5.74) is 0.698. The standard InChI is InChI=1S/C21H15NO4S/c23-19-12-18(27-17-11-4-3-9-15(17)21(25)26)20(24)22(19)16-10-5-7-13-6-1-2-8-14(13)16/h1-11,18H,12H2,(H,25,26)/t18-/m0/s1. The van der Waals surface area contributed by atoms with Crippen LogP contribution in [-0.4, -0.2) is 28.1 Å². The number of fused-ring (bicyclic) bond motifs is 1. The molecule has 1 heterocycles. The number of benzene rings is 3. The summed E-state index contributed by atoms with van der Waals surface area (Å²) in [5.74, 6) is -1.65. The van der Waals surface area contributed by atoms with Crippen LogP contribution in [0.4, 0.5) is 5.69 Å².